The molecule has 0 bridgehead atoms. The molecule has 0 heterocycles. The highest BCUT2D eigenvalue weighted by Crippen LogP contribution is 2.34. The molecule has 2 aromatic rings. The molecule has 24 heavy (non-hydrogen) atoms. The van der Waals surface area contributed by atoms with Crippen LogP contribution in [0.4, 0.5) is 5.69 Å². The Bertz CT molecular complexity index is 712. The van der Waals surface area contributed by atoms with E-state index >= 15 is 0 Å². The maximum Gasteiger partial charge on any atom is 0.335 e. The van der Waals surface area contributed by atoms with E-state index in [0.717, 1.165) is 17.7 Å². The first kappa shape index (κ1) is 17.7. The van der Waals surface area contributed by atoms with E-state index in [1.165, 1.54) is 19.2 Å². The maximum atomic E-state index is 11.1. The van der Waals surface area contributed by atoms with Crippen LogP contribution in [0.25, 0.3) is 0 Å². The third-order valence-electron chi connectivity index (χ3n) is 3.81. The number of carboxylic acid groups (broad SMARTS) is 1. The molecular formula is C19H23NO4. The van der Waals surface area contributed by atoms with Crippen LogP contribution in [0.2, 0.25) is 0 Å². The number of aromatic carboxylic acids is 1. The van der Waals surface area contributed by atoms with Crippen molar-refractivity contribution in [3.8, 4) is 11.5 Å². The lowest BCUT2D eigenvalue weighted by atomic mass is 10.1. The maximum absolute atomic E-state index is 11.1. The van der Waals surface area contributed by atoms with Crippen LogP contribution in [0.3, 0.4) is 0 Å². The molecule has 2 rings (SSSR count). The molecule has 1 N–H and O–H groups in total. The highest BCUT2D eigenvalue weighted by molar-refractivity contribution is 5.88. The van der Waals surface area contributed by atoms with Crippen molar-refractivity contribution in [3.63, 3.8) is 0 Å². The van der Waals surface area contributed by atoms with Crippen molar-refractivity contribution in [1.82, 2.24) is 0 Å². The number of carbonyl (C=O) groups is 1. The molecule has 0 spiro atoms. The molecule has 0 amide bonds. The summed E-state index contributed by atoms with van der Waals surface area (Å²) in [5.41, 5.74) is 2.33. The number of nitrogens with zero attached hydrogens (tertiary/aromatic N) is 1. The summed E-state index contributed by atoms with van der Waals surface area (Å²) in [6.07, 6.45) is 0.634. The zero-order valence-electron chi connectivity index (χ0n) is 14.4. The summed E-state index contributed by atoms with van der Waals surface area (Å²) in [6.45, 7) is 2.05. The molecule has 5 nitrogen and oxygen atoms in total. The van der Waals surface area contributed by atoms with Gasteiger partial charge in [-0.2, -0.15) is 0 Å². The number of carboxylic acids is 1. The standard InChI is InChI=1S/C19H23NO4/c1-5-16(13-7-6-8-15(11-13)20(2)3)24-17-10-9-14(19(21)22)12-18(17)23-4/h6-12,16H,5H2,1-4H3,(H,21,22)/t16-/m0/s1. The van der Waals surface area contributed by atoms with E-state index < -0.39 is 5.97 Å². The molecule has 0 saturated heterocycles. The van der Waals surface area contributed by atoms with Crippen LogP contribution >= 0.6 is 0 Å². The molecule has 0 aliphatic rings. The van der Waals surface area contributed by atoms with Gasteiger partial charge in [0, 0.05) is 19.8 Å². The average molecular weight is 329 g/mol. The summed E-state index contributed by atoms with van der Waals surface area (Å²) >= 11 is 0. The number of rotatable bonds is 7. The Kier molecular flexibility index (Phi) is 5.68. The van der Waals surface area contributed by atoms with Crippen molar-refractivity contribution >= 4 is 11.7 Å². The lowest BCUT2D eigenvalue weighted by Gasteiger charge is -2.21. The van der Waals surface area contributed by atoms with Crippen LogP contribution < -0.4 is 14.4 Å². The minimum Gasteiger partial charge on any atom is -0.493 e. The molecule has 0 aliphatic heterocycles. The lowest BCUT2D eigenvalue weighted by Crippen LogP contribution is -2.11. The highest BCUT2D eigenvalue weighted by atomic mass is 16.5. The van der Waals surface area contributed by atoms with Gasteiger partial charge in [-0.15, -0.1) is 0 Å². The van der Waals surface area contributed by atoms with Crippen LogP contribution in [0, 0.1) is 0 Å². The van der Waals surface area contributed by atoms with Crippen molar-refractivity contribution < 1.29 is 19.4 Å². The smallest absolute Gasteiger partial charge is 0.335 e. The number of hydrogen-bond acceptors (Lipinski definition) is 4. The number of hydrogen-bond donors (Lipinski definition) is 1. The first-order valence-corrected chi connectivity index (χ1v) is 7.81. The van der Waals surface area contributed by atoms with Gasteiger partial charge in [0.25, 0.3) is 0 Å². The second-order valence-corrected chi connectivity index (χ2v) is 5.67. The van der Waals surface area contributed by atoms with Crippen molar-refractivity contribution in [2.24, 2.45) is 0 Å². The van der Waals surface area contributed by atoms with Gasteiger partial charge in [0.1, 0.15) is 6.10 Å². The van der Waals surface area contributed by atoms with Gasteiger partial charge in [-0.05, 0) is 42.3 Å². The van der Waals surface area contributed by atoms with Crippen molar-refractivity contribution in [3.05, 3.63) is 53.6 Å². The quantitative estimate of drug-likeness (QED) is 0.832. The van der Waals surface area contributed by atoms with E-state index in [2.05, 4.69) is 6.07 Å². The number of anilines is 1. The molecule has 5 heteroatoms. The van der Waals surface area contributed by atoms with E-state index in [0.29, 0.717) is 11.5 Å². The molecule has 0 fully saturated rings. The first-order valence-electron chi connectivity index (χ1n) is 7.81. The Hall–Kier alpha value is -2.69. The first-order chi connectivity index (χ1) is 11.5. The molecule has 2 aromatic carbocycles. The second-order valence-electron chi connectivity index (χ2n) is 5.67. The zero-order chi connectivity index (χ0) is 17.7. The van der Waals surface area contributed by atoms with E-state index in [1.54, 1.807) is 6.07 Å². The van der Waals surface area contributed by atoms with E-state index in [9.17, 15) is 4.79 Å². The SMILES string of the molecule is CC[C@H](Oc1ccc(C(=O)O)cc1OC)c1cccc(N(C)C)c1. The second kappa shape index (κ2) is 7.73. The van der Waals surface area contributed by atoms with Crippen LogP contribution in [0.1, 0.15) is 35.4 Å². The van der Waals surface area contributed by atoms with Gasteiger partial charge < -0.3 is 19.5 Å². The largest absolute Gasteiger partial charge is 0.493 e. The van der Waals surface area contributed by atoms with Gasteiger partial charge in [0.2, 0.25) is 0 Å². The topological polar surface area (TPSA) is 59.0 Å². The van der Waals surface area contributed by atoms with Gasteiger partial charge in [-0.25, -0.2) is 4.79 Å². The third kappa shape index (κ3) is 3.98. The third-order valence-corrected chi connectivity index (χ3v) is 3.81. The van der Waals surface area contributed by atoms with Crippen LogP contribution in [-0.4, -0.2) is 32.3 Å². The summed E-state index contributed by atoms with van der Waals surface area (Å²) < 4.78 is 11.4. The molecule has 1 atom stereocenters. The fourth-order valence-corrected chi connectivity index (χ4v) is 2.44. The fourth-order valence-electron chi connectivity index (χ4n) is 2.44. The van der Waals surface area contributed by atoms with Crippen LogP contribution in [-0.2, 0) is 0 Å². The summed E-state index contributed by atoms with van der Waals surface area (Å²) in [4.78, 5) is 13.1. The fraction of sp³-hybridized carbons (Fsp3) is 0.316. The molecule has 0 saturated carbocycles. The normalized spacial score (nSPS) is 11.7. The van der Waals surface area contributed by atoms with Crippen molar-refractivity contribution in [2.45, 2.75) is 19.4 Å². The van der Waals surface area contributed by atoms with Gasteiger partial charge in [0.15, 0.2) is 11.5 Å². The Morgan fingerprint density at radius 1 is 1.17 bits per heavy atom. The Balaban J connectivity index is 2.30. The molecular weight excluding hydrogens is 306 g/mol. The van der Waals surface area contributed by atoms with Crippen molar-refractivity contribution in [2.75, 3.05) is 26.1 Å². The summed E-state index contributed by atoms with van der Waals surface area (Å²) in [6, 6.07) is 12.8. The average Bonchev–Trinajstić information content (AvgIpc) is 2.59. The highest BCUT2D eigenvalue weighted by Gasteiger charge is 2.16. The van der Waals surface area contributed by atoms with Crippen molar-refractivity contribution in [1.29, 1.82) is 0 Å². The predicted molar refractivity (Wildman–Crippen MR) is 94.4 cm³/mol. The van der Waals surface area contributed by atoms with Gasteiger partial charge in [-0.1, -0.05) is 19.1 Å². The molecule has 0 unspecified atom stereocenters. The monoisotopic (exact) mass is 329 g/mol. The Morgan fingerprint density at radius 3 is 2.50 bits per heavy atom. The number of methoxy groups -OCH3 is 1. The van der Waals surface area contributed by atoms with Crippen LogP contribution in [0.5, 0.6) is 11.5 Å². The molecule has 0 radical (unpaired) electrons. The number of benzene rings is 2. The Labute approximate surface area is 142 Å². The Morgan fingerprint density at radius 2 is 1.92 bits per heavy atom. The zero-order valence-corrected chi connectivity index (χ0v) is 14.4. The minimum atomic E-state index is -0.995. The van der Waals surface area contributed by atoms with E-state index in [-0.39, 0.29) is 11.7 Å². The summed E-state index contributed by atoms with van der Waals surface area (Å²) in [7, 11) is 5.49. The van der Waals surface area contributed by atoms with Crippen LogP contribution in [0.15, 0.2) is 42.5 Å². The summed E-state index contributed by atoms with van der Waals surface area (Å²) in [5, 5.41) is 9.08. The van der Waals surface area contributed by atoms with Gasteiger partial charge in [-0.3, -0.25) is 0 Å². The molecule has 0 aromatic heterocycles. The van der Waals surface area contributed by atoms with E-state index in [4.69, 9.17) is 14.6 Å². The van der Waals surface area contributed by atoms with Gasteiger partial charge >= 0.3 is 5.97 Å². The number of ether oxygens (including phenoxy) is 2. The molecule has 128 valence electrons. The summed E-state index contributed by atoms with van der Waals surface area (Å²) in [5.74, 6) is -0.0488. The minimum absolute atomic E-state index is 0.144. The predicted octanol–water partition coefficient (Wildman–Crippen LogP) is 3.99. The molecule has 0 aliphatic carbocycles. The lowest BCUT2D eigenvalue weighted by molar-refractivity contribution is 0.0696. The van der Waals surface area contributed by atoms with E-state index in [1.807, 2.05) is 44.1 Å². The van der Waals surface area contributed by atoms with Gasteiger partial charge in [0.05, 0.1) is 12.7 Å².